The number of ether oxygens (including phenoxy) is 1. The fraction of sp³-hybridized carbons (Fsp3) is 0.737. The van der Waals surface area contributed by atoms with Crippen LogP contribution in [0.3, 0.4) is 0 Å². The van der Waals surface area contributed by atoms with Gasteiger partial charge in [-0.2, -0.15) is 0 Å². The molecule has 0 aliphatic carbocycles. The zero-order chi connectivity index (χ0) is 16.8. The molecule has 4 nitrogen and oxygen atoms in total. The molecule has 0 amide bonds. The number of carbonyl (C=O) groups is 1. The predicted molar refractivity (Wildman–Crippen MR) is 92.0 cm³/mol. The van der Waals surface area contributed by atoms with Gasteiger partial charge in [-0.25, -0.2) is 4.79 Å². The summed E-state index contributed by atoms with van der Waals surface area (Å²) in [4.78, 5) is 11.4. The van der Waals surface area contributed by atoms with Crippen LogP contribution in [0.5, 0.6) is 0 Å². The van der Waals surface area contributed by atoms with Crippen molar-refractivity contribution >= 4 is 5.97 Å². The van der Waals surface area contributed by atoms with E-state index in [0.29, 0.717) is 19.4 Å². The van der Waals surface area contributed by atoms with Crippen LogP contribution >= 0.6 is 0 Å². The smallest absolute Gasteiger partial charge is 0.330 e. The van der Waals surface area contributed by atoms with E-state index in [1.807, 2.05) is 0 Å². The van der Waals surface area contributed by atoms with Crippen molar-refractivity contribution in [1.82, 2.24) is 0 Å². The SMILES string of the molecule is O=C1/C=C/C=C/C[C@@H](O)C[C@H](O)CCCCCCCCCCO1. The molecule has 1 heterocycles. The highest BCUT2D eigenvalue weighted by molar-refractivity contribution is 5.82. The molecule has 0 saturated carbocycles. The largest absolute Gasteiger partial charge is 0.463 e. The van der Waals surface area contributed by atoms with Gasteiger partial charge >= 0.3 is 5.97 Å². The lowest BCUT2D eigenvalue weighted by Gasteiger charge is -2.14. The van der Waals surface area contributed by atoms with Crippen molar-refractivity contribution in [3.05, 3.63) is 24.3 Å². The predicted octanol–water partition coefficient (Wildman–Crippen LogP) is 3.67. The van der Waals surface area contributed by atoms with Crippen LogP contribution < -0.4 is 0 Å². The molecule has 0 aromatic rings. The summed E-state index contributed by atoms with van der Waals surface area (Å²) in [7, 11) is 0. The van der Waals surface area contributed by atoms with E-state index < -0.39 is 12.2 Å². The van der Waals surface area contributed by atoms with Crippen molar-refractivity contribution < 1.29 is 19.7 Å². The first-order valence-electron chi connectivity index (χ1n) is 9.04. The molecule has 2 N–H and O–H groups in total. The molecule has 0 bridgehead atoms. The third-order valence-corrected chi connectivity index (χ3v) is 4.11. The quantitative estimate of drug-likeness (QED) is 0.667. The third kappa shape index (κ3) is 12.0. The molecular weight excluding hydrogens is 292 g/mol. The molecular formula is C19H32O4. The van der Waals surface area contributed by atoms with Crippen LogP contribution in [-0.4, -0.2) is 35.0 Å². The standard InChI is InChI=1S/C19H32O4/c20-17-12-8-5-3-1-2-4-6-11-15-23-19(22)14-10-7-9-13-18(21)16-17/h7,9-10,14,17-18,20-21H,1-6,8,11-13,15-16H2/b9-7+,14-10+/t17-,18-/m1/s1. The Morgan fingerprint density at radius 1 is 0.870 bits per heavy atom. The Bertz CT molecular complexity index is 362. The summed E-state index contributed by atoms with van der Waals surface area (Å²) in [6.07, 6.45) is 16.3. The zero-order valence-electron chi connectivity index (χ0n) is 14.2. The van der Waals surface area contributed by atoms with Gasteiger partial charge in [-0.3, -0.25) is 0 Å². The van der Waals surface area contributed by atoms with E-state index in [1.165, 1.54) is 31.8 Å². The van der Waals surface area contributed by atoms with Crippen LogP contribution in [0.25, 0.3) is 0 Å². The number of rotatable bonds is 0. The van der Waals surface area contributed by atoms with E-state index >= 15 is 0 Å². The summed E-state index contributed by atoms with van der Waals surface area (Å²) >= 11 is 0. The number of aliphatic hydroxyl groups excluding tert-OH is 2. The first-order valence-corrected chi connectivity index (χ1v) is 9.04. The van der Waals surface area contributed by atoms with Gasteiger partial charge in [0.2, 0.25) is 0 Å². The van der Waals surface area contributed by atoms with Crippen molar-refractivity contribution in [2.75, 3.05) is 6.61 Å². The Hall–Kier alpha value is -1.13. The highest BCUT2D eigenvalue weighted by Gasteiger charge is 2.10. The van der Waals surface area contributed by atoms with Gasteiger partial charge in [0.25, 0.3) is 0 Å². The topological polar surface area (TPSA) is 66.8 Å². The van der Waals surface area contributed by atoms with E-state index in [2.05, 4.69) is 0 Å². The zero-order valence-corrected chi connectivity index (χ0v) is 14.2. The molecule has 4 heteroatoms. The number of carbonyl (C=O) groups excluding carboxylic acids is 1. The molecule has 23 heavy (non-hydrogen) atoms. The number of esters is 1. The first kappa shape index (κ1) is 19.9. The van der Waals surface area contributed by atoms with Crippen molar-refractivity contribution in [2.45, 2.75) is 82.8 Å². The molecule has 0 fully saturated rings. The maximum atomic E-state index is 11.4. The number of allylic oxidation sites excluding steroid dienone is 2. The summed E-state index contributed by atoms with van der Waals surface area (Å²) in [5, 5.41) is 19.8. The lowest BCUT2D eigenvalue weighted by molar-refractivity contribution is -0.137. The van der Waals surface area contributed by atoms with E-state index in [1.54, 1.807) is 18.2 Å². The minimum atomic E-state index is -0.535. The van der Waals surface area contributed by atoms with Crippen LogP contribution in [0.4, 0.5) is 0 Å². The Morgan fingerprint density at radius 2 is 1.52 bits per heavy atom. The Morgan fingerprint density at radius 3 is 2.26 bits per heavy atom. The maximum absolute atomic E-state index is 11.4. The monoisotopic (exact) mass is 324 g/mol. The summed E-state index contributed by atoms with van der Waals surface area (Å²) in [5.74, 6) is -0.319. The number of hydrogen-bond donors (Lipinski definition) is 2. The van der Waals surface area contributed by atoms with Crippen LogP contribution in [0.15, 0.2) is 24.3 Å². The Kier molecular flexibility index (Phi) is 11.5. The van der Waals surface area contributed by atoms with Crippen molar-refractivity contribution in [3.8, 4) is 0 Å². The number of hydrogen-bond acceptors (Lipinski definition) is 4. The minimum Gasteiger partial charge on any atom is -0.463 e. The molecule has 0 aromatic heterocycles. The normalized spacial score (nSPS) is 30.1. The lowest BCUT2D eigenvalue weighted by Crippen LogP contribution is -2.17. The van der Waals surface area contributed by atoms with Gasteiger partial charge in [0.05, 0.1) is 18.8 Å². The van der Waals surface area contributed by atoms with Crippen molar-refractivity contribution in [2.24, 2.45) is 0 Å². The molecule has 0 unspecified atom stereocenters. The van der Waals surface area contributed by atoms with Gasteiger partial charge in [-0.15, -0.1) is 0 Å². The molecule has 0 spiro atoms. The number of cyclic esters (lactones) is 1. The molecule has 1 rings (SSSR count). The van der Waals surface area contributed by atoms with Gasteiger partial charge in [0.15, 0.2) is 0 Å². The Labute approximate surface area is 140 Å². The molecule has 2 atom stereocenters. The molecule has 1 aliphatic rings. The van der Waals surface area contributed by atoms with E-state index in [-0.39, 0.29) is 5.97 Å². The summed E-state index contributed by atoms with van der Waals surface area (Å²) < 4.78 is 5.12. The molecule has 0 aromatic carbocycles. The fourth-order valence-corrected chi connectivity index (χ4v) is 2.74. The average molecular weight is 324 g/mol. The van der Waals surface area contributed by atoms with Gasteiger partial charge < -0.3 is 14.9 Å². The fourth-order valence-electron chi connectivity index (χ4n) is 2.74. The second kappa shape index (κ2) is 13.3. The first-order chi connectivity index (χ1) is 11.2. The number of aliphatic hydroxyl groups is 2. The molecule has 0 saturated heterocycles. The van der Waals surface area contributed by atoms with E-state index in [9.17, 15) is 15.0 Å². The summed E-state index contributed by atoms with van der Waals surface area (Å²) in [6, 6.07) is 0. The van der Waals surface area contributed by atoms with Crippen LogP contribution in [0.2, 0.25) is 0 Å². The molecule has 0 radical (unpaired) electrons. The van der Waals surface area contributed by atoms with E-state index in [0.717, 1.165) is 32.1 Å². The second-order valence-electron chi connectivity index (χ2n) is 6.35. The van der Waals surface area contributed by atoms with Gasteiger partial charge in [0.1, 0.15) is 0 Å². The van der Waals surface area contributed by atoms with Gasteiger partial charge in [0, 0.05) is 6.08 Å². The highest BCUT2D eigenvalue weighted by Crippen LogP contribution is 2.14. The second-order valence-corrected chi connectivity index (χ2v) is 6.35. The third-order valence-electron chi connectivity index (χ3n) is 4.11. The average Bonchev–Trinajstić information content (AvgIpc) is 2.51. The summed E-state index contributed by atoms with van der Waals surface area (Å²) in [5.41, 5.74) is 0. The van der Waals surface area contributed by atoms with Crippen molar-refractivity contribution in [3.63, 3.8) is 0 Å². The molecule has 1 aliphatic heterocycles. The van der Waals surface area contributed by atoms with Crippen LogP contribution in [0.1, 0.15) is 70.6 Å². The Balaban J connectivity index is 2.38. The highest BCUT2D eigenvalue weighted by atomic mass is 16.5. The summed E-state index contributed by atoms with van der Waals surface area (Å²) in [6.45, 7) is 0.490. The van der Waals surface area contributed by atoms with Crippen molar-refractivity contribution in [1.29, 1.82) is 0 Å². The van der Waals surface area contributed by atoms with E-state index in [4.69, 9.17) is 4.74 Å². The lowest BCUT2D eigenvalue weighted by atomic mass is 10.0. The maximum Gasteiger partial charge on any atom is 0.330 e. The van der Waals surface area contributed by atoms with Crippen LogP contribution in [-0.2, 0) is 9.53 Å². The van der Waals surface area contributed by atoms with Gasteiger partial charge in [-0.1, -0.05) is 63.2 Å². The minimum absolute atomic E-state index is 0.319. The van der Waals surface area contributed by atoms with Crippen LogP contribution in [0, 0.1) is 0 Å². The van der Waals surface area contributed by atoms with Gasteiger partial charge in [-0.05, 0) is 25.7 Å². The molecule has 132 valence electrons.